The van der Waals surface area contributed by atoms with Crippen LogP contribution in [0.3, 0.4) is 0 Å². The predicted octanol–water partition coefficient (Wildman–Crippen LogP) is 5.73. The number of methoxy groups -OCH3 is 1. The fraction of sp³-hybridized carbons (Fsp3) is 0.524. The Morgan fingerprint density at radius 3 is 2.28 bits per heavy atom. The molecule has 0 radical (unpaired) electrons. The van der Waals surface area contributed by atoms with E-state index in [1.54, 1.807) is 7.11 Å². The van der Waals surface area contributed by atoms with Gasteiger partial charge < -0.3 is 13.9 Å². The van der Waals surface area contributed by atoms with Crippen LogP contribution >= 0.6 is 0 Å². The molecule has 3 nitrogen and oxygen atoms in total. The van der Waals surface area contributed by atoms with Gasteiger partial charge in [0, 0.05) is 6.42 Å². The molecule has 0 aliphatic rings. The second kappa shape index (κ2) is 9.37. The number of hydrogen-bond donors (Lipinski definition) is 0. The van der Waals surface area contributed by atoms with Crippen LogP contribution in [-0.4, -0.2) is 28.1 Å². The minimum Gasteiger partial charge on any atom is -0.497 e. The van der Waals surface area contributed by atoms with E-state index in [0.717, 1.165) is 23.3 Å². The van der Waals surface area contributed by atoms with Gasteiger partial charge in [-0.05, 0) is 35.8 Å². The van der Waals surface area contributed by atoms with Gasteiger partial charge in [0.25, 0.3) is 0 Å². The number of rotatable bonds is 10. The average Bonchev–Trinajstić information content (AvgIpc) is 2.56. The summed E-state index contributed by atoms with van der Waals surface area (Å²) in [7, 11) is -0.0850. The van der Waals surface area contributed by atoms with Crippen LogP contribution < -0.4 is 4.74 Å². The van der Waals surface area contributed by atoms with Crippen LogP contribution in [0.15, 0.2) is 49.1 Å². The van der Waals surface area contributed by atoms with Crippen LogP contribution in [0.2, 0.25) is 18.1 Å². The Morgan fingerprint density at radius 1 is 1.20 bits per heavy atom. The van der Waals surface area contributed by atoms with Crippen molar-refractivity contribution < 1.29 is 13.9 Å². The van der Waals surface area contributed by atoms with E-state index in [1.165, 1.54) is 0 Å². The molecule has 0 spiro atoms. The highest BCUT2D eigenvalue weighted by Crippen LogP contribution is 2.36. The third-order valence-corrected chi connectivity index (χ3v) is 9.30. The summed E-state index contributed by atoms with van der Waals surface area (Å²) in [6, 6.07) is 7.89. The van der Waals surface area contributed by atoms with Crippen molar-refractivity contribution in [2.75, 3.05) is 13.7 Å². The van der Waals surface area contributed by atoms with Crippen molar-refractivity contribution in [3.63, 3.8) is 0 Å². The molecule has 1 aromatic rings. The zero-order valence-corrected chi connectivity index (χ0v) is 17.7. The molecule has 1 aromatic carbocycles. The molecule has 0 N–H and O–H groups in total. The molecule has 0 saturated carbocycles. The first-order valence-electron chi connectivity index (χ1n) is 8.76. The Hall–Kier alpha value is -1.36. The highest BCUT2D eigenvalue weighted by atomic mass is 28.4. The average molecular weight is 363 g/mol. The van der Waals surface area contributed by atoms with Gasteiger partial charge in [0.05, 0.1) is 26.4 Å². The third-order valence-electron chi connectivity index (χ3n) is 4.82. The van der Waals surface area contributed by atoms with Crippen molar-refractivity contribution in [1.29, 1.82) is 0 Å². The molecule has 140 valence electrons. The monoisotopic (exact) mass is 362 g/mol. The van der Waals surface area contributed by atoms with E-state index in [9.17, 15) is 0 Å². The molecule has 1 atom stereocenters. The summed E-state index contributed by atoms with van der Waals surface area (Å²) in [6.07, 6.45) is 2.51. The van der Waals surface area contributed by atoms with E-state index in [2.05, 4.69) is 47.0 Å². The lowest BCUT2D eigenvalue weighted by Gasteiger charge is -2.36. The van der Waals surface area contributed by atoms with E-state index in [4.69, 9.17) is 13.9 Å². The minimum atomic E-state index is -1.75. The molecule has 0 heterocycles. The van der Waals surface area contributed by atoms with Gasteiger partial charge in [-0.3, -0.25) is 0 Å². The molecule has 0 fully saturated rings. The van der Waals surface area contributed by atoms with Crippen LogP contribution in [0.25, 0.3) is 0 Å². The van der Waals surface area contributed by atoms with Gasteiger partial charge in [-0.25, -0.2) is 0 Å². The molecule has 4 heteroatoms. The van der Waals surface area contributed by atoms with Crippen molar-refractivity contribution in [1.82, 2.24) is 0 Å². The molecule has 0 aromatic heterocycles. The quantitative estimate of drug-likeness (QED) is 0.393. The first-order valence-corrected chi connectivity index (χ1v) is 11.7. The van der Waals surface area contributed by atoms with Gasteiger partial charge in [0.2, 0.25) is 0 Å². The number of benzene rings is 1. The SMILES string of the molecule is C=C[C@H](CC(=C)CO[Si](C)(C)C(C)(C)C)OCc1ccc(OC)cc1. The highest BCUT2D eigenvalue weighted by Gasteiger charge is 2.37. The summed E-state index contributed by atoms with van der Waals surface area (Å²) >= 11 is 0. The summed E-state index contributed by atoms with van der Waals surface area (Å²) in [5, 5.41) is 0.204. The van der Waals surface area contributed by atoms with Gasteiger partial charge in [-0.2, -0.15) is 0 Å². The number of ether oxygens (including phenoxy) is 2. The Balaban J connectivity index is 2.46. The fourth-order valence-electron chi connectivity index (χ4n) is 1.98. The lowest BCUT2D eigenvalue weighted by atomic mass is 10.1. The molecule has 25 heavy (non-hydrogen) atoms. The summed E-state index contributed by atoms with van der Waals surface area (Å²) in [5.74, 6) is 0.847. The molecule has 0 saturated heterocycles. The lowest BCUT2D eigenvalue weighted by Crippen LogP contribution is -2.41. The molecule has 1 rings (SSSR count). The van der Waals surface area contributed by atoms with E-state index < -0.39 is 8.32 Å². The molecule has 0 aliphatic heterocycles. The van der Waals surface area contributed by atoms with Crippen molar-refractivity contribution >= 4 is 8.32 Å². The first kappa shape index (κ1) is 21.7. The lowest BCUT2D eigenvalue weighted by molar-refractivity contribution is 0.0709. The Labute approximate surface area is 154 Å². The van der Waals surface area contributed by atoms with E-state index in [-0.39, 0.29) is 11.1 Å². The standard InChI is InChI=1S/C21H34O3Si/c1-9-19(23-16-18-10-12-20(22-6)13-11-18)14-17(2)15-24-25(7,8)21(3,4)5/h9-13,19H,1-2,14-16H2,3-8H3/t19-/m1/s1. The third kappa shape index (κ3) is 7.18. The number of hydrogen-bond acceptors (Lipinski definition) is 3. The zero-order valence-electron chi connectivity index (χ0n) is 16.7. The smallest absolute Gasteiger partial charge is 0.192 e. The highest BCUT2D eigenvalue weighted by molar-refractivity contribution is 6.74. The largest absolute Gasteiger partial charge is 0.497 e. The maximum atomic E-state index is 6.22. The summed E-state index contributed by atoms with van der Waals surface area (Å²) in [5.41, 5.74) is 2.15. The van der Waals surface area contributed by atoms with Crippen LogP contribution in [0.4, 0.5) is 0 Å². The van der Waals surface area contributed by atoms with Crippen molar-refractivity contribution in [3.05, 3.63) is 54.6 Å². The second-order valence-electron chi connectivity index (χ2n) is 7.94. The minimum absolute atomic E-state index is 0.0578. The maximum Gasteiger partial charge on any atom is 0.192 e. The first-order chi connectivity index (χ1) is 11.6. The van der Waals surface area contributed by atoms with Crippen LogP contribution in [0.1, 0.15) is 32.8 Å². The molecular weight excluding hydrogens is 328 g/mol. The van der Waals surface area contributed by atoms with Crippen LogP contribution in [0.5, 0.6) is 5.75 Å². The van der Waals surface area contributed by atoms with Gasteiger partial charge in [-0.1, -0.05) is 51.1 Å². The van der Waals surface area contributed by atoms with E-state index >= 15 is 0 Å². The molecule has 0 unspecified atom stereocenters. The van der Waals surface area contributed by atoms with E-state index in [1.807, 2.05) is 30.3 Å². The topological polar surface area (TPSA) is 27.7 Å². The Morgan fingerprint density at radius 2 is 1.80 bits per heavy atom. The van der Waals surface area contributed by atoms with E-state index in [0.29, 0.717) is 13.2 Å². The summed E-state index contributed by atoms with van der Waals surface area (Å²) in [6.45, 7) is 20.4. The van der Waals surface area contributed by atoms with Gasteiger partial charge in [0.15, 0.2) is 8.32 Å². The second-order valence-corrected chi connectivity index (χ2v) is 12.7. The van der Waals surface area contributed by atoms with Crippen LogP contribution in [0, 0.1) is 0 Å². The summed E-state index contributed by atoms with van der Waals surface area (Å²) < 4.78 is 17.3. The normalized spacial score (nSPS) is 13.4. The molecule has 0 bridgehead atoms. The molecule has 0 aliphatic carbocycles. The maximum absolute atomic E-state index is 6.22. The van der Waals surface area contributed by atoms with Crippen molar-refractivity contribution in [2.24, 2.45) is 0 Å². The van der Waals surface area contributed by atoms with Gasteiger partial charge >= 0.3 is 0 Å². The Bertz CT molecular complexity index is 555. The zero-order chi connectivity index (χ0) is 19.1. The Kier molecular flexibility index (Phi) is 8.12. The van der Waals surface area contributed by atoms with Gasteiger partial charge in [-0.15, -0.1) is 6.58 Å². The summed E-state index contributed by atoms with van der Waals surface area (Å²) in [4.78, 5) is 0. The predicted molar refractivity (Wildman–Crippen MR) is 109 cm³/mol. The van der Waals surface area contributed by atoms with Gasteiger partial charge in [0.1, 0.15) is 5.75 Å². The fourth-order valence-corrected chi connectivity index (χ4v) is 2.98. The molecular formula is C21H34O3Si. The molecule has 0 amide bonds. The van der Waals surface area contributed by atoms with Crippen LogP contribution in [-0.2, 0) is 15.8 Å². The van der Waals surface area contributed by atoms with Crippen molar-refractivity contribution in [2.45, 2.75) is 58.0 Å². The van der Waals surface area contributed by atoms with Crippen molar-refractivity contribution in [3.8, 4) is 5.75 Å².